The maximum atomic E-state index is 4.16. The Morgan fingerprint density at radius 2 is 2.33 bits per heavy atom. The lowest BCUT2D eigenvalue weighted by atomic mass is 10.1. The number of hydrogen-bond donors (Lipinski definition) is 1. The number of nitrogens with zero attached hydrogens (tertiary/aromatic N) is 1. The first kappa shape index (κ1) is 10.6. The highest BCUT2D eigenvalue weighted by atomic mass is 15.0. The molecule has 1 aliphatic rings. The molecule has 0 spiro atoms. The number of nitrogens with one attached hydrogen (secondary N) is 1. The van der Waals surface area contributed by atoms with Crippen molar-refractivity contribution in [3.8, 4) is 0 Å². The van der Waals surface area contributed by atoms with Crippen LogP contribution in [0.4, 0.5) is 0 Å². The van der Waals surface area contributed by atoms with Gasteiger partial charge in [-0.3, -0.25) is 4.98 Å². The van der Waals surface area contributed by atoms with Gasteiger partial charge in [-0.1, -0.05) is 13.0 Å². The smallest absolute Gasteiger partial charge is 0.0315 e. The van der Waals surface area contributed by atoms with E-state index in [-0.39, 0.29) is 0 Å². The van der Waals surface area contributed by atoms with Gasteiger partial charge >= 0.3 is 0 Å². The summed E-state index contributed by atoms with van der Waals surface area (Å²) in [6.07, 6.45) is 7.80. The summed E-state index contributed by atoms with van der Waals surface area (Å²) < 4.78 is 0. The van der Waals surface area contributed by atoms with E-state index in [0.29, 0.717) is 12.1 Å². The molecule has 2 nitrogen and oxygen atoms in total. The van der Waals surface area contributed by atoms with Crippen LogP contribution in [0.5, 0.6) is 0 Å². The van der Waals surface area contributed by atoms with Gasteiger partial charge < -0.3 is 5.32 Å². The second-order valence-corrected chi connectivity index (χ2v) is 4.79. The first-order chi connectivity index (χ1) is 7.25. The Labute approximate surface area is 92.1 Å². The van der Waals surface area contributed by atoms with E-state index in [1.165, 1.54) is 24.8 Å². The molecule has 1 aliphatic carbocycles. The minimum absolute atomic E-state index is 0.425. The van der Waals surface area contributed by atoms with Crippen molar-refractivity contribution in [3.63, 3.8) is 0 Å². The fourth-order valence-corrected chi connectivity index (χ4v) is 2.44. The molecule has 0 aliphatic heterocycles. The van der Waals surface area contributed by atoms with E-state index in [1.807, 2.05) is 18.5 Å². The maximum absolute atomic E-state index is 4.16. The van der Waals surface area contributed by atoms with Crippen molar-refractivity contribution in [3.05, 3.63) is 30.1 Å². The highest BCUT2D eigenvalue weighted by Gasteiger charge is 2.22. The third-order valence-electron chi connectivity index (χ3n) is 3.36. The fourth-order valence-electron chi connectivity index (χ4n) is 2.44. The Balaban J connectivity index is 1.90. The number of hydrogen-bond acceptors (Lipinski definition) is 2. The van der Waals surface area contributed by atoms with Crippen LogP contribution in [0.3, 0.4) is 0 Å². The van der Waals surface area contributed by atoms with Crippen molar-refractivity contribution < 1.29 is 0 Å². The second kappa shape index (κ2) is 4.75. The summed E-state index contributed by atoms with van der Waals surface area (Å²) in [5, 5.41) is 3.69. The van der Waals surface area contributed by atoms with Crippen molar-refractivity contribution in [2.45, 2.75) is 45.2 Å². The molecule has 82 valence electrons. The molecular weight excluding hydrogens is 184 g/mol. The average Bonchev–Trinajstić information content (AvgIpc) is 2.65. The number of rotatable bonds is 3. The van der Waals surface area contributed by atoms with Gasteiger partial charge in [0.1, 0.15) is 0 Å². The largest absolute Gasteiger partial charge is 0.307 e. The molecule has 2 rings (SSSR count). The van der Waals surface area contributed by atoms with Crippen molar-refractivity contribution in [2.24, 2.45) is 5.92 Å². The Kier molecular flexibility index (Phi) is 3.37. The van der Waals surface area contributed by atoms with Crippen molar-refractivity contribution in [1.82, 2.24) is 10.3 Å². The third-order valence-corrected chi connectivity index (χ3v) is 3.36. The first-order valence-corrected chi connectivity index (χ1v) is 5.91. The zero-order valence-electron chi connectivity index (χ0n) is 9.61. The molecule has 15 heavy (non-hydrogen) atoms. The van der Waals surface area contributed by atoms with Crippen molar-refractivity contribution in [1.29, 1.82) is 0 Å². The molecule has 0 aromatic carbocycles. The molecular formula is C13H20N2. The Morgan fingerprint density at radius 1 is 1.47 bits per heavy atom. The molecule has 1 heterocycles. The zero-order valence-corrected chi connectivity index (χ0v) is 9.61. The monoisotopic (exact) mass is 204 g/mol. The maximum Gasteiger partial charge on any atom is 0.0315 e. The molecule has 1 N–H and O–H groups in total. The lowest BCUT2D eigenvalue weighted by molar-refractivity contribution is 0.448. The summed E-state index contributed by atoms with van der Waals surface area (Å²) in [5.41, 5.74) is 1.29. The zero-order chi connectivity index (χ0) is 10.7. The van der Waals surface area contributed by atoms with Crippen LogP contribution in [-0.4, -0.2) is 11.0 Å². The van der Waals surface area contributed by atoms with E-state index >= 15 is 0 Å². The van der Waals surface area contributed by atoms with Crippen molar-refractivity contribution >= 4 is 0 Å². The van der Waals surface area contributed by atoms with Gasteiger partial charge in [0, 0.05) is 24.5 Å². The predicted molar refractivity (Wildman–Crippen MR) is 62.6 cm³/mol. The molecule has 0 saturated heterocycles. The molecule has 1 aromatic heterocycles. The minimum atomic E-state index is 0.425. The molecule has 1 saturated carbocycles. The van der Waals surface area contributed by atoms with Crippen LogP contribution in [0.15, 0.2) is 24.5 Å². The van der Waals surface area contributed by atoms with Crippen LogP contribution in [0, 0.1) is 5.92 Å². The molecule has 0 amide bonds. The quantitative estimate of drug-likeness (QED) is 0.819. The van der Waals surface area contributed by atoms with Gasteiger partial charge in [0.25, 0.3) is 0 Å². The minimum Gasteiger partial charge on any atom is -0.307 e. The Bertz CT molecular complexity index is 297. The molecule has 0 bridgehead atoms. The van der Waals surface area contributed by atoms with E-state index in [2.05, 4.69) is 30.2 Å². The molecule has 0 radical (unpaired) electrons. The second-order valence-electron chi connectivity index (χ2n) is 4.79. The molecule has 0 unspecified atom stereocenters. The van der Waals surface area contributed by atoms with Gasteiger partial charge in [0.05, 0.1) is 0 Å². The lowest BCUT2D eigenvalue weighted by Crippen LogP contribution is -2.29. The van der Waals surface area contributed by atoms with E-state index < -0.39 is 0 Å². The summed E-state index contributed by atoms with van der Waals surface area (Å²) in [6, 6.07) is 5.28. The normalized spacial score (nSPS) is 27.9. The lowest BCUT2D eigenvalue weighted by Gasteiger charge is -2.19. The van der Waals surface area contributed by atoms with E-state index in [1.54, 1.807) is 0 Å². The standard InChI is InChI=1S/C13H20N2/c1-10-5-6-13(8-10)15-11(2)12-4-3-7-14-9-12/h3-4,7,9-11,13,15H,5-6,8H2,1-2H3/t10-,11+,13-/m1/s1. The van der Waals surface area contributed by atoms with Gasteiger partial charge in [-0.25, -0.2) is 0 Å². The third kappa shape index (κ3) is 2.78. The van der Waals surface area contributed by atoms with Gasteiger partial charge in [0.2, 0.25) is 0 Å². The summed E-state index contributed by atoms with van der Waals surface area (Å²) in [6.45, 7) is 4.57. The van der Waals surface area contributed by atoms with Crippen LogP contribution >= 0.6 is 0 Å². The van der Waals surface area contributed by atoms with Crippen LogP contribution < -0.4 is 5.32 Å². The molecule has 2 heteroatoms. The van der Waals surface area contributed by atoms with Crippen molar-refractivity contribution in [2.75, 3.05) is 0 Å². The van der Waals surface area contributed by atoms with E-state index in [9.17, 15) is 0 Å². The molecule has 1 fully saturated rings. The highest BCUT2D eigenvalue weighted by Crippen LogP contribution is 2.26. The van der Waals surface area contributed by atoms with E-state index in [0.717, 1.165) is 5.92 Å². The van der Waals surface area contributed by atoms with Crippen LogP contribution in [-0.2, 0) is 0 Å². The SMILES string of the molecule is C[C@@H]1CC[C@@H](N[C@@H](C)c2cccnc2)C1. The topological polar surface area (TPSA) is 24.9 Å². The predicted octanol–water partition coefficient (Wildman–Crippen LogP) is 2.92. The van der Waals surface area contributed by atoms with Crippen LogP contribution in [0.25, 0.3) is 0 Å². The Hall–Kier alpha value is -0.890. The molecule has 3 atom stereocenters. The average molecular weight is 204 g/mol. The summed E-state index contributed by atoms with van der Waals surface area (Å²) in [5.74, 6) is 0.892. The highest BCUT2D eigenvalue weighted by molar-refractivity contribution is 5.13. The number of pyridine rings is 1. The van der Waals surface area contributed by atoms with Gasteiger partial charge in [0.15, 0.2) is 0 Å². The first-order valence-electron chi connectivity index (χ1n) is 5.91. The van der Waals surface area contributed by atoms with Crippen LogP contribution in [0.2, 0.25) is 0 Å². The number of aromatic nitrogens is 1. The van der Waals surface area contributed by atoms with Crippen LogP contribution in [0.1, 0.15) is 44.7 Å². The van der Waals surface area contributed by atoms with E-state index in [4.69, 9.17) is 0 Å². The summed E-state index contributed by atoms with van der Waals surface area (Å²) >= 11 is 0. The summed E-state index contributed by atoms with van der Waals surface area (Å²) in [7, 11) is 0. The summed E-state index contributed by atoms with van der Waals surface area (Å²) in [4.78, 5) is 4.16. The Morgan fingerprint density at radius 3 is 2.93 bits per heavy atom. The van der Waals surface area contributed by atoms with Gasteiger partial charge in [-0.2, -0.15) is 0 Å². The fraction of sp³-hybridized carbons (Fsp3) is 0.615. The molecule has 1 aromatic rings. The van der Waals surface area contributed by atoms with Gasteiger partial charge in [-0.05, 0) is 43.7 Å². The van der Waals surface area contributed by atoms with Gasteiger partial charge in [-0.15, -0.1) is 0 Å².